The summed E-state index contributed by atoms with van der Waals surface area (Å²) in [6, 6.07) is 20.3. The van der Waals surface area contributed by atoms with Crippen LogP contribution in [0.2, 0.25) is 0 Å². The van der Waals surface area contributed by atoms with E-state index in [0.29, 0.717) is 12.0 Å². The third kappa shape index (κ3) is 28.6. The molecule has 84 heavy (non-hydrogen) atoms. The van der Waals surface area contributed by atoms with Gasteiger partial charge in [0.15, 0.2) is 0 Å². The molecule has 6 rings (SSSR count). The number of halogens is 1. The molecule has 3 aromatic rings. The normalized spacial score (nSPS) is 16.1. The van der Waals surface area contributed by atoms with Crippen LogP contribution in [0.5, 0.6) is 0 Å². The maximum Gasteiger partial charge on any atom is 0.492 e. The van der Waals surface area contributed by atoms with E-state index in [1.54, 1.807) is 101 Å². The van der Waals surface area contributed by atoms with E-state index in [9.17, 15) is 43.8 Å². The highest BCUT2D eigenvalue weighted by Crippen LogP contribution is 2.24. The average Bonchev–Trinajstić information content (AvgIpc) is 4.07. The number of fused-ring (bicyclic) bond motifs is 3. The van der Waals surface area contributed by atoms with E-state index in [2.05, 4.69) is 31.9 Å². The third-order valence-corrected chi connectivity index (χ3v) is 10.8. The van der Waals surface area contributed by atoms with Gasteiger partial charge in [0.1, 0.15) is 28.4 Å². The maximum absolute atomic E-state index is 12.8. The first kappa shape index (κ1) is 75.2. The van der Waals surface area contributed by atoms with Crippen molar-refractivity contribution in [2.24, 2.45) is 17.2 Å². The summed E-state index contributed by atoms with van der Waals surface area (Å²) in [5.74, 6) is -0.880. The van der Waals surface area contributed by atoms with Gasteiger partial charge < -0.3 is 97.1 Å². The summed E-state index contributed by atoms with van der Waals surface area (Å²) in [5.41, 5.74) is 18.6. The number of alkyl carbamates (subject to hydrolysis) is 4. The zero-order chi connectivity index (χ0) is 62.9. The predicted molar refractivity (Wildman–Crippen MR) is 314 cm³/mol. The van der Waals surface area contributed by atoms with Gasteiger partial charge in [-0.3, -0.25) is 9.59 Å². The number of benzene rings is 3. The highest BCUT2D eigenvalue weighted by Gasteiger charge is 2.37. The van der Waals surface area contributed by atoms with Crippen molar-refractivity contribution in [3.63, 3.8) is 0 Å². The Kier molecular flexibility index (Phi) is 31.8. The second-order valence-corrected chi connectivity index (χ2v) is 22.4. The van der Waals surface area contributed by atoms with Gasteiger partial charge in [0.2, 0.25) is 11.8 Å². The van der Waals surface area contributed by atoms with E-state index in [1.165, 1.54) is 0 Å². The Labute approximate surface area is 497 Å². The molecule has 31 heteroatoms. The Morgan fingerprint density at radius 2 is 0.833 bits per heavy atom. The summed E-state index contributed by atoms with van der Waals surface area (Å²) in [6.07, 6.45) is -3.34. The van der Waals surface area contributed by atoms with Gasteiger partial charge in [-0.15, -0.1) is 12.4 Å². The minimum Gasteiger partial charge on any atom is -0.444 e. The number of amides is 6. The van der Waals surface area contributed by atoms with Crippen LogP contribution >= 0.6 is 12.4 Å². The van der Waals surface area contributed by atoms with Crippen molar-refractivity contribution >= 4 is 92.5 Å². The first-order valence-corrected chi connectivity index (χ1v) is 26.5. The molecule has 464 valence electrons. The Morgan fingerprint density at radius 3 is 1.18 bits per heavy atom. The highest BCUT2D eigenvalue weighted by atomic mass is 35.5. The maximum atomic E-state index is 12.8. The molecule has 0 bridgehead atoms. The van der Waals surface area contributed by atoms with Gasteiger partial charge in [0, 0.05) is 39.3 Å². The monoisotopic (exact) mass is 1200 g/mol. The lowest BCUT2D eigenvalue weighted by molar-refractivity contribution is -0.191. The quantitative estimate of drug-likeness (QED) is 0.0579. The second-order valence-electron chi connectivity index (χ2n) is 22.4. The Bertz CT molecular complexity index is 2590. The topological polar surface area (TPSA) is 412 Å². The van der Waals surface area contributed by atoms with Crippen LogP contribution in [0.4, 0.5) is 19.2 Å². The van der Waals surface area contributed by atoms with Crippen molar-refractivity contribution in [1.82, 2.24) is 31.9 Å². The summed E-state index contributed by atoms with van der Waals surface area (Å²) >= 11 is 0. The smallest absolute Gasteiger partial charge is 0.444 e. The zero-order valence-electron chi connectivity index (χ0n) is 49.6. The Hall–Kier alpha value is -6.82. The van der Waals surface area contributed by atoms with Gasteiger partial charge in [0.25, 0.3) is 0 Å². The number of carbonyl (C=O) groups excluding carboxylic acids is 8. The van der Waals surface area contributed by atoms with Crippen molar-refractivity contribution in [3.8, 4) is 0 Å². The number of rotatable bonds is 14. The van der Waals surface area contributed by atoms with E-state index < -0.39 is 92.2 Å². The van der Waals surface area contributed by atoms with Crippen LogP contribution in [0.1, 0.15) is 118 Å². The molecule has 6 amide bonds. The molecule has 5 unspecified atom stereocenters. The van der Waals surface area contributed by atoms with Crippen LogP contribution < -0.4 is 65.5 Å². The first-order chi connectivity index (χ1) is 38.6. The third-order valence-electron chi connectivity index (χ3n) is 10.8. The number of ether oxygens (including phenoxy) is 4. The molecule has 0 saturated carbocycles. The lowest BCUT2D eigenvalue weighted by Crippen LogP contribution is -2.54. The fraction of sp³-hybridized carbons (Fsp3) is 0.528. The first-order valence-electron chi connectivity index (χ1n) is 26.5. The summed E-state index contributed by atoms with van der Waals surface area (Å²) < 4.78 is 36.5. The standard InChI is InChI=1S/C21H32BN3O7.C12H24N2O4.C11H16BN3O3.C8H10BNO2.CO2.ClH/c1-20(2,3)30-18(27)24-11-15(25-19(28)31-21(4,5)6)17(26)23-12-16-13-9-7-8-10-14(13)22(29)32-16;1-11(2,3)17-9(15)13-7-8-14-10(16)18-12(4,5)6;13-5-9(14)11(16)15-6-10-7-3-1-2-4-8(7)12(17)18-10;10-5-8-6-3-1-2-4-7(6)9(11)12-8;2-1-3;/h7-10,15-16,29H,11-12H2,1-6H3,(H,23,26)(H,24,27)(H,25,28);7-8H2,1-6H3,(H,13,15)(H,14,16);1-4,9-10,17H,5-6,13-14H2,(H,15,16);1-4,8,11H,5,10H2;;1H. The zero-order valence-corrected chi connectivity index (χ0v) is 50.4. The van der Waals surface area contributed by atoms with Gasteiger partial charge in [-0.1, -0.05) is 72.8 Å². The van der Waals surface area contributed by atoms with Crippen LogP contribution in [0.25, 0.3) is 0 Å². The van der Waals surface area contributed by atoms with Crippen molar-refractivity contribution in [1.29, 1.82) is 0 Å². The molecule has 27 nitrogen and oxygen atoms in total. The van der Waals surface area contributed by atoms with E-state index in [1.807, 2.05) is 54.6 Å². The van der Waals surface area contributed by atoms with Crippen molar-refractivity contribution in [3.05, 3.63) is 89.5 Å². The molecular weight excluding hydrogens is 1120 g/mol. The molecule has 0 aliphatic carbocycles. The van der Waals surface area contributed by atoms with Gasteiger partial charge in [0.05, 0.1) is 30.9 Å². The van der Waals surface area contributed by atoms with Crippen LogP contribution in [0.15, 0.2) is 72.8 Å². The fourth-order valence-corrected chi connectivity index (χ4v) is 7.36. The van der Waals surface area contributed by atoms with Gasteiger partial charge in [-0.05, 0) is 116 Å². The number of hydrogen-bond acceptors (Lipinski definition) is 21. The minimum absolute atomic E-state index is 0. The largest absolute Gasteiger partial charge is 0.492 e. The lowest BCUT2D eigenvalue weighted by Gasteiger charge is -2.25. The second kappa shape index (κ2) is 35.5. The van der Waals surface area contributed by atoms with E-state index in [0.717, 1.165) is 27.6 Å². The van der Waals surface area contributed by atoms with Crippen LogP contribution in [-0.4, -0.2) is 159 Å². The average molecular weight is 1200 g/mol. The molecule has 3 aliphatic heterocycles. The molecule has 0 saturated heterocycles. The highest BCUT2D eigenvalue weighted by molar-refractivity contribution is 6.62. The minimum atomic E-state index is -1.13. The van der Waals surface area contributed by atoms with Crippen molar-refractivity contribution in [2.75, 3.05) is 45.8 Å². The summed E-state index contributed by atoms with van der Waals surface area (Å²) in [6.45, 7) is 22.1. The van der Waals surface area contributed by atoms with Crippen molar-refractivity contribution < 1.29 is 86.3 Å². The molecule has 0 fully saturated rings. The Balaban J connectivity index is 0.000000582. The molecule has 0 radical (unpaired) electrons. The predicted octanol–water partition coefficient (Wildman–Crippen LogP) is 0.105. The van der Waals surface area contributed by atoms with E-state index in [4.69, 9.17) is 59.7 Å². The molecule has 3 heterocycles. The summed E-state index contributed by atoms with van der Waals surface area (Å²) in [7, 11) is -2.81. The fourth-order valence-electron chi connectivity index (χ4n) is 7.36. The van der Waals surface area contributed by atoms with Crippen LogP contribution in [0.3, 0.4) is 0 Å². The molecule has 3 aromatic carbocycles. The Morgan fingerprint density at radius 1 is 0.524 bits per heavy atom. The number of nitrogens with two attached hydrogens (primary N) is 3. The van der Waals surface area contributed by atoms with Gasteiger partial charge in [-0.25, -0.2) is 19.2 Å². The van der Waals surface area contributed by atoms with E-state index in [-0.39, 0.29) is 75.9 Å². The van der Waals surface area contributed by atoms with Gasteiger partial charge >= 0.3 is 51.9 Å². The molecular formula is C53H83B3ClN9O18. The summed E-state index contributed by atoms with van der Waals surface area (Å²) in [5, 5.41) is 44.5. The molecule has 15 N–H and O–H groups in total. The van der Waals surface area contributed by atoms with Crippen LogP contribution in [0, 0.1) is 0 Å². The van der Waals surface area contributed by atoms with Crippen molar-refractivity contribution in [2.45, 2.75) is 136 Å². The van der Waals surface area contributed by atoms with E-state index >= 15 is 0 Å². The molecule has 5 atom stereocenters. The number of hydrogen-bond donors (Lipinski definition) is 12. The molecule has 3 aliphatic rings. The SMILES string of the molecule is CC(C)(C)OC(=O)NCC(NC(=O)OC(C)(C)C)C(=O)NCC1OB(O)c2ccccc21.CC(C)(C)OC(=O)NCCNC(=O)OC(C)(C)C.Cl.NCC(N)C(=O)NCC1OB(O)c2ccccc21.NCC1OB(O)c2ccccc21.O=C=O. The summed E-state index contributed by atoms with van der Waals surface area (Å²) in [4.78, 5) is 87.2. The number of nitrogens with one attached hydrogen (secondary N) is 6. The molecule has 0 aromatic heterocycles. The van der Waals surface area contributed by atoms with Crippen LogP contribution in [-0.2, 0) is 52.1 Å². The molecule has 0 spiro atoms. The lowest BCUT2D eigenvalue weighted by atomic mass is 9.79. The van der Waals surface area contributed by atoms with Gasteiger partial charge in [-0.2, -0.15) is 9.59 Å². The number of carbonyl (C=O) groups is 6.